The molecule has 1 aliphatic heterocycles. The highest BCUT2D eigenvalue weighted by molar-refractivity contribution is 5.92. The number of pyridine rings is 2. The number of rotatable bonds is 4. The van der Waals surface area contributed by atoms with Gasteiger partial charge in [-0.1, -0.05) is 12.1 Å². The van der Waals surface area contributed by atoms with Crippen molar-refractivity contribution >= 4 is 17.7 Å². The second kappa shape index (κ2) is 7.72. The number of hydrogen-bond donors (Lipinski definition) is 1. The summed E-state index contributed by atoms with van der Waals surface area (Å²) in [5.41, 5.74) is 3.12. The van der Waals surface area contributed by atoms with Crippen molar-refractivity contribution < 1.29 is 4.79 Å². The van der Waals surface area contributed by atoms with E-state index < -0.39 is 0 Å². The van der Waals surface area contributed by atoms with Gasteiger partial charge in [0, 0.05) is 24.1 Å². The summed E-state index contributed by atoms with van der Waals surface area (Å²) < 4.78 is 0. The fourth-order valence-corrected chi connectivity index (χ4v) is 3.56. The van der Waals surface area contributed by atoms with Crippen LogP contribution in [0.4, 0.5) is 11.8 Å². The summed E-state index contributed by atoms with van der Waals surface area (Å²) in [6.07, 6.45) is 3.47. The molecule has 3 aromatic rings. The first-order valence-electron chi connectivity index (χ1n) is 9.38. The molecule has 7 nitrogen and oxygen atoms in total. The van der Waals surface area contributed by atoms with Gasteiger partial charge in [0.15, 0.2) is 0 Å². The van der Waals surface area contributed by atoms with Gasteiger partial charge >= 0.3 is 0 Å². The Bertz CT molecular complexity index is 971. The smallest absolute Gasteiger partial charge is 0.273 e. The molecule has 1 atom stereocenters. The minimum atomic E-state index is -0.0589. The largest absolute Gasteiger partial charge is 0.329 e. The lowest BCUT2D eigenvalue weighted by molar-refractivity contribution is 0.0727. The standard InChI is InChI=1S/C21H22N6O/c1-14-13-15(2)24-21(23-14)26-19-10-5-8-16(25-19)18-9-6-12-27(18)20(28)17-7-3-4-11-22-17/h3-5,7-8,10-11,13,18H,6,9,12H2,1-2H3,(H,23,24,25,26)/t18-/m1/s1. The Labute approximate surface area is 163 Å². The van der Waals surface area contributed by atoms with Crippen molar-refractivity contribution in [2.75, 3.05) is 11.9 Å². The van der Waals surface area contributed by atoms with Crippen LogP contribution in [-0.2, 0) is 0 Å². The zero-order valence-corrected chi connectivity index (χ0v) is 16.0. The molecule has 142 valence electrons. The van der Waals surface area contributed by atoms with Gasteiger partial charge < -0.3 is 10.2 Å². The van der Waals surface area contributed by atoms with Crippen LogP contribution in [0.5, 0.6) is 0 Å². The van der Waals surface area contributed by atoms with Gasteiger partial charge in [0.2, 0.25) is 5.95 Å². The van der Waals surface area contributed by atoms with Crippen molar-refractivity contribution in [2.24, 2.45) is 0 Å². The summed E-state index contributed by atoms with van der Waals surface area (Å²) in [6, 6.07) is 13.0. The fraction of sp³-hybridized carbons (Fsp3) is 0.286. The van der Waals surface area contributed by atoms with Gasteiger partial charge in [-0.2, -0.15) is 0 Å². The predicted molar refractivity (Wildman–Crippen MR) is 106 cm³/mol. The Hall–Kier alpha value is -3.35. The lowest BCUT2D eigenvalue weighted by Gasteiger charge is -2.24. The summed E-state index contributed by atoms with van der Waals surface area (Å²) in [5, 5.41) is 3.18. The van der Waals surface area contributed by atoms with Crippen molar-refractivity contribution in [1.29, 1.82) is 0 Å². The summed E-state index contributed by atoms with van der Waals surface area (Å²) in [7, 11) is 0. The Kier molecular flexibility index (Phi) is 4.97. The summed E-state index contributed by atoms with van der Waals surface area (Å²) >= 11 is 0. The normalized spacial score (nSPS) is 16.2. The Morgan fingerprint density at radius 2 is 1.89 bits per heavy atom. The van der Waals surface area contributed by atoms with Crippen LogP contribution in [0.15, 0.2) is 48.7 Å². The maximum Gasteiger partial charge on any atom is 0.273 e. The predicted octanol–water partition coefficient (Wildman–Crippen LogP) is 3.60. The molecular formula is C21H22N6O. The number of amides is 1. The van der Waals surface area contributed by atoms with Crippen molar-refractivity contribution in [3.63, 3.8) is 0 Å². The SMILES string of the molecule is Cc1cc(C)nc(Nc2cccc([C@H]3CCCN3C(=O)c3ccccn3)n2)n1. The molecule has 7 heteroatoms. The number of carbonyl (C=O) groups is 1. The number of anilines is 2. The molecule has 1 aliphatic rings. The van der Waals surface area contributed by atoms with Crippen LogP contribution < -0.4 is 5.32 Å². The highest BCUT2D eigenvalue weighted by atomic mass is 16.2. The van der Waals surface area contributed by atoms with Crippen molar-refractivity contribution in [2.45, 2.75) is 32.7 Å². The van der Waals surface area contributed by atoms with Gasteiger partial charge in [0.1, 0.15) is 11.5 Å². The first kappa shape index (κ1) is 18.0. The Balaban J connectivity index is 1.57. The third-order valence-electron chi connectivity index (χ3n) is 4.73. The number of aromatic nitrogens is 4. The fourth-order valence-electron chi connectivity index (χ4n) is 3.56. The van der Waals surface area contributed by atoms with Crippen LogP contribution in [0.1, 0.15) is 46.5 Å². The minimum Gasteiger partial charge on any atom is -0.329 e. The van der Waals surface area contributed by atoms with Crippen molar-refractivity contribution in [3.05, 3.63) is 71.4 Å². The first-order chi connectivity index (χ1) is 13.6. The van der Waals surface area contributed by atoms with Crippen LogP contribution in [0, 0.1) is 13.8 Å². The van der Waals surface area contributed by atoms with Gasteiger partial charge in [-0.15, -0.1) is 0 Å². The molecule has 0 aromatic carbocycles. The number of nitrogens with zero attached hydrogens (tertiary/aromatic N) is 5. The molecule has 0 aliphatic carbocycles. The summed E-state index contributed by atoms with van der Waals surface area (Å²) in [4.78, 5) is 32.5. The molecule has 1 saturated heterocycles. The molecule has 4 heterocycles. The molecule has 28 heavy (non-hydrogen) atoms. The van der Waals surface area contributed by atoms with E-state index in [1.807, 2.05) is 55.1 Å². The maximum absolute atomic E-state index is 12.9. The van der Waals surface area contributed by atoms with Crippen LogP contribution in [0.3, 0.4) is 0 Å². The number of carbonyl (C=O) groups excluding carboxylic acids is 1. The lowest BCUT2D eigenvalue weighted by atomic mass is 10.1. The molecule has 3 aromatic heterocycles. The van der Waals surface area contributed by atoms with E-state index in [2.05, 4.69) is 20.3 Å². The molecule has 0 spiro atoms. The summed E-state index contributed by atoms with van der Waals surface area (Å²) in [5.74, 6) is 1.13. The van der Waals surface area contributed by atoms with Crippen molar-refractivity contribution in [3.8, 4) is 0 Å². The van der Waals surface area contributed by atoms with Crippen molar-refractivity contribution in [1.82, 2.24) is 24.8 Å². The molecular weight excluding hydrogens is 352 g/mol. The van der Waals surface area contributed by atoms with Gasteiger partial charge in [0.05, 0.1) is 11.7 Å². The van der Waals surface area contributed by atoms with E-state index in [9.17, 15) is 4.79 Å². The molecule has 1 fully saturated rings. The minimum absolute atomic E-state index is 0.0547. The summed E-state index contributed by atoms with van der Waals surface area (Å²) in [6.45, 7) is 4.58. The number of likely N-dealkylation sites (tertiary alicyclic amines) is 1. The maximum atomic E-state index is 12.9. The number of aryl methyl sites for hydroxylation is 2. The van der Waals surface area contributed by atoms with Gasteiger partial charge in [-0.3, -0.25) is 9.78 Å². The van der Waals surface area contributed by atoms with E-state index in [-0.39, 0.29) is 11.9 Å². The van der Waals surface area contributed by atoms with Gasteiger partial charge in [-0.25, -0.2) is 15.0 Å². The van der Waals surface area contributed by atoms with E-state index in [1.54, 1.807) is 12.3 Å². The Morgan fingerprint density at radius 1 is 1.07 bits per heavy atom. The highest BCUT2D eigenvalue weighted by Gasteiger charge is 2.32. The number of hydrogen-bond acceptors (Lipinski definition) is 6. The highest BCUT2D eigenvalue weighted by Crippen LogP contribution is 2.32. The van der Waals surface area contributed by atoms with Gasteiger partial charge in [0.25, 0.3) is 5.91 Å². The van der Waals surface area contributed by atoms with Crippen LogP contribution in [-0.4, -0.2) is 37.3 Å². The third kappa shape index (κ3) is 3.83. The van der Waals surface area contributed by atoms with Gasteiger partial charge in [-0.05, 0) is 57.0 Å². The molecule has 0 saturated carbocycles. The molecule has 0 unspecified atom stereocenters. The van der Waals surface area contributed by atoms with E-state index in [4.69, 9.17) is 4.98 Å². The quantitative estimate of drug-likeness (QED) is 0.751. The zero-order chi connectivity index (χ0) is 19.5. The second-order valence-electron chi connectivity index (χ2n) is 6.92. The average Bonchev–Trinajstić information content (AvgIpc) is 3.17. The van der Waals surface area contributed by atoms with Crippen LogP contribution >= 0.6 is 0 Å². The van der Waals surface area contributed by atoms with E-state index in [1.165, 1.54) is 0 Å². The molecule has 1 N–H and O–H groups in total. The van der Waals surface area contributed by atoms with E-state index >= 15 is 0 Å². The lowest BCUT2D eigenvalue weighted by Crippen LogP contribution is -2.31. The van der Waals surface area contributed by atoms with E-state index in [0.29, 0.717) is 24.0 Å². The monoisotopic (exact) mass is 374 g/mol. The molecule has 1 amide bonds. The molecule has 4 rings (SSSR count). The zero-order valence-electron chi connectivity index (χ0n) is 16.0. The van der Waals surface area contributed by atoms with Crippen LogP contribution in [0.2, 0.25) is 0 Å². The number of nitrogens with one attached hydrogen (secondary N) is 1. The second-order valence-corrected chi connectivity index (χ2v) is 6.92. The van der Waals surface area contributed by atoms with Crippen LogP contribution in [0.25, 0.3) is 0 Å². The molecule has 0 bridgehead atoms. The Morgan fingerprint density at radius 3 is 2.64 bits per heavy atom. The topological polar surface area (TPSA) is 83.9 Å². The third-order valence-corrected chi connectivity index (χ3v) is 4.73. The first-order valence-corrected chi connectivity index (χ1v) is 9.38. The van der Waals surface area contributed by atoms with E-state index in [0.717, 1.165) is 29.9 Å². The molecule has 0 radical (unpaired) electrons. The average molecular weight is 374 g/mol.